The van der Waals surface area contributed by atoms with E-state index in [4.69, 9.17) is 13.9 Å². The number of Topliss-reactive ketones (excluding diaryl/α,β-unsaturated/α-hetero) is 1. The molecule has 158 valence electrons. The van der Waals surface area contributed by atoms with Crippen LogP contribution in [-0.4, -0.2) is 18.5 Å². The molecular formula is C26H24O5. The number of carbonyl (C=O) groups is 1. The average molecular weight is 416 g/mol. The van der Waals surface area contributed by atoms with Crippen LogP contribution in [0.3, 0.4) is 0 Å². The Balaban J connectivity index is 2.24. The number of fused-ring (bicyclic) bond motifs is 3. The first-order valence-corrected chi connectivity index (χ1v) is 10.1. The number of hydrogen-bond acceptors (Lipinski definition) is 5. The maximum Gasteiger partial charge on any atom is 0.336 e. The fourth-order valence-corrected chi connectivity index (χ4v) is 3.80. The van der Waals surface area contributed by atoms with Crippen LogP contribution in [0.4, 0.5) is 0 Å². The van der Waals surface area contributed by atoms with Crippen LogP contribution in [-0.2, 0) is 0 Å². The third kappa shape index (κ3) is 3.46. The van der Waals surface area contributed by atoms with Gasteiger partial charge in [0.2, 0.25) is 0 Å². The molecule has 31 heavy (non-hydrogen) atoms. The first-order valence-electron chi connectivity index (χ1n) is 10.1. The zero-order chi connectivity index (χ0) is 22.3. The first kappa shape index (κ1) is 20.7. The van der Waals surface area contributed by atoms with Gasteiger partial charge in [0.05, 0.1) is 18.1 Å². The SMILES string of the molecule is CC=C(C)C(=O)c1c2c(c3oc(=O)cc(-c4ccccc4)c3c1OC)C=CC(C)(C)O2. The summed E-state index contributed by atoms with van der Waals surface area (Å²) < 4.78 is 17.7. The van der Waals surface area contributed by atoms with Gasteiger partial charge in [-0.25, -0.2) is 4.79 Å². The standard InChI is InChI=1S/C26H24O5/c1-6-15(2)22(28)21-24-17(12-13-26(3,4)31-24)23-20(25(21)29-5)18(14-19(27)30-23)16-10-8-7-9-11-16/h6-14H,1-5H3. The summed E-state index contributed by atoms with van der Waals surface area (Å²) in [5.41, 5.74) is 2.10. The van der Waals surface area contributed by atoms with Crippen LogP contribution < -0.4 is 15.1 Å². The van der Waals surface area contributed by atoms with Crippen molar-refractivity contribution in [3.8, 4) is 22.6 Å². The molecule has 0 saturated heterocycles. The molecule has 5 heteroatoms. The predicted octanol–water partition coefficient (Wildman–Crippen LogP) is 5.80. The number of methoxy groups -OCH3 is 1. The lowest BCUT2D eigenvalue weighted by Crippen LogP contribution is -2.29. The molecule has 5 nitrogen and oxygen atoms in total. The number of hydrogen-bond donors (Lipinski definition) is 0. The van der Waals surface area contributed by atoms with Gasteiger partial charge in [0, 0.05) is 11.6 Å². The topological polar surface area (TPSA) is 65.7 Å². The van der Waals surface area contributed by atoms with Gasteiger partial charge in [-0.3, -0.25) is 4.79 Å². The van der Waals surface area contributed by atoms with E-state index in [-0.39, 0.29) is 5.78 Å². The third-order valence-corrected chi connectivity index (χ3v) is 5.46. The van der Waals surface area contributed by atoms with E-state index in [1.807, 2.05) is 63.3 Å². The van der Waals surface area contributed by atoms with Crippen molar-refractivity contribution in [1.82, 2.24) is 0 Å². The first-order chi connectivity index (χ1) is 14.8. The van der Waals surface area contributed by atoms with E-state index in [1.165, 1.54) is 13.2 Å². The molecule has 0 spiro atoms. The van der Waals surface area contributed by atoms with E-state index in [0.29, 0.717) is 44.7 Å². The highest BCUT2D eigenvalue weighted by Crippen LogP contribution is 2.48. The summed E-state index contributed by atoms with van der Waals surface area (Å²) in [6.45, 7) is 7.37. The number of carbonyl (C=O) groups excluding carboxylic acids is 1. The van der Waals surface area contributed by atoms with E-state index in [1.54, 1.807) is 13.0 Å². The molecule has 0 radical (unpaired) electrons. The minimum absolute atomic E-state index is 0.200. The molecule has 1 aliphatic heterocycles. The van der Waals surface area contributed by atoms with Gasteiger partial charge in [0.15, 0.2) is 11.4 Å². The van der Waals surface area contributed by atoms with Gasteiger partial charge in [0.1, 0.15) is 22.7 Å². The quantitative estimate of drug-likeness (QED) is 0.305. The van der Waals surface area contributed by atoms with Crippen LogP contribution in [0.5, 0.6) is 11.5 Å². The summed E-state index contributed by atoms with van der Waals surface area (Å²) in [6, 6.07) is 10.9. The van der Waals surface area contributed by atoms with Gasteiger partial charge in [-0.2, -0.15) is 0 Å². The van der Waals surface area contributed by atoms with E-state index in [2.05, 4.69) is 0 Å². The van der Waals surface area contributed by atoms with Crippen LogP contribution in [0.25, 0.3) is 28.2 Å². The molecule has 4 rings (SSSR count). The predicted molar refractivity (Wildman–Crippen MR) is 122 cm³/mol. The number of ether oxygens (including phenoxy) is 2. The number of ketones is 1. The molecule has 2 aromatic carbocycles. The van der Waals surface area contributed by atoms with E-state index >= 15 is 0 Å². The molecule has 3 aromatic rings. The number of rotatable bonds is 4. The molecule has 0 unspecified atom stereocenters. The minimum atomic E-state index is -0.637. The molecule has 0 amide bonds. The smallest absolute Gasteiger partial charge is 0.336 e. The van der Waals surface area contributed by atoms with Crippen molar-refractivity contribution in [2.24, 2.45) is 0 Å². The Morgan fingerprint density at radius 2 is 1.87 bits per heavy atom. The maximum atomic E-state index is 13.5. The Labute approximate surface area is 180 Å². The zero-order valence-corrected chi connectivity index (χ0v) is 18.2. The molecule has 0 bridgehead atoms. The van der Waals surface area contributed by atoms with Gasteiger partial charge in [-0.15, -0.1) is 0 Å². The van der Waals surface area contributed by atoms with Crippen molar-refractivity contribution in [3.63, 3.8) is 0 Å². The van der Waals surface area contributed by atoms with Gasteiger partial charge in [0.25, 0.3) is 0 Å². The molecule has 0 fully saturated rings. The summed E-state index contributed by atoms with van der Waals surface area (Å²) in [7, 11) is 1.51. The van der Waals surface area contributed by atoms with E-state index in [0.717, 1.165) is 5.56 Å². The Hall–Kier alpha value is -3.60. The van der Waals surface area contributed by atoms with Crippen molar-refractivity contribution in [1.29, 1.82) is 0 Å². The second-order valence-electron chi connectivity index (χ2n) is 8.04. The van der Waals surface area contributed by atoms with Crippen molar-refractivity contribution < 1.29 is 18.7 Å². The van der Waals surface area contributed by atoms with Crippen LogP contribution in [0.2, 0.25) is 0 Å². The Bertz CT molecular complexity index is 1310. The van der Waals surface area contributed by atoms with Crippen molar-refractivity contribution in [3.05, 3.63) is 75.7 Å². The fraction of sp³-hybridized carbons (Fsp3) is 0.231. The lowest BCUT2D eigenvalue weighted by Gasteiger charge is -2.30. The Kier molecular flexibility index (Phi) is 5.05. The van der Waals surface area contributed by atoms with Gasteiger partial charge in [-0.1, -0.05) is 36.4 Å². The molecule has 1 aromatic heterocycles. The molecule has 0 atom stereocenters. The van der Waals surface area contributed by atoms with Crippen molar-refractivity contribution in [2.45, 2.75) is 33.3 Å². The molecule has 2 heterocycles. The molecule has 0 saturated carbocycles. The lowest BCUT2D eigenvalue weighted by molar-refractivity contribution is 0.101. The maximum absolute atomic E-state index is 13.5. The average Bonchev–Trinajstić information content (AvgIpc) is 2.76. The van der Waals surface area contributed by atoms with E-state index < -0.39 is 11.2 Å². The zero-order valence-electron chi connectivity index (χ0n) is 18.2. The van der Waals surface area contributed by atoms with E-state index in [9.17, 15) is 9.59 Å². The van der Waals surface area contributed by atoms with Crippen LogP contribution in [0.15, 0.2) is 63.3 Å². The fourth-order valence-electron chi connectivity index (χ4n) is 3.80. The summed E-state index contributed by atoms with van der Waals surface area (Å²) in [5.74, 6) is 0.485. The van der Waals surface area contributed by atoms with Crippen LogP contribution in [0.1, 0.15) is 43.6 Å². The van der Waals surface area contributed by atoms with Crippen molar-refractivity contribution >= 4 is 22.8 Å². The highest BCUT2D eigenvalue weighted by molar-refractivity contribution is 6.18. The highest BCUT2D eigenvalue weighted by atomic mass is 16.5. The molecule has 0 aliphatic carbocycles. The summed E-state index contributed by atoms with van der Waals surface area (Å²) in [6.07, 6.45) is 5.48. The summed E-state index contributed by atoms with van der Waals surface area (Å²) >= 11 is 0. The summed E-state index contributed by atoms with van der Waals surface area (Å²) in [5, 5.41) is 0.562. The summed E-state index contributed by atoms with van der Waals surface area (Å²) in [4.78, 5) is 26.0. The van der Waals surface area contributed by atoms with Crippen LogP contribution in [0, 0.1) is 0 Å². The third-order valence-electron chi connectivity index (χ3n) is 5.46. The monoisotopic (exact) mass is 416 g/mol. The van der Waals surface area contributed by atoms with Gasteiger partial charge < -0.3 is 13.9 Å². The van der Waals surface area contributed by atoms with Gasteiger partial charge in [-0.05, 0) is 51.0 Å². The van der Waals surface area contributed by atoms with Crippen molar-refractivity contribution in [2.75, 3.05) is 7.11 Å². The lowest BCUT2D eigenvalue weighted by atomic mass is 9.90. The molecular weight excluding hydrogens is 392 g/mol. The highest BCUT2D eigenvalue weighted by Gasteiger charge is 2.34. The molecule has 0 N–H and O–H groups in total. The number of benzene rings is 2. The van der Waals surface area contributed by atoms with Gasteiger partial charge >= 0.3 is 5.63 Å². The van der Waals surface area contributed by atoms with Crippen LogP contribution >= 0.6 is 0 Å². The molecule has 1 aliphatic rings. The minimum Gasteiger partial charge on any atom is -0.495 e. The second-order valence-corrected chi connectivity index (χ2v) is 8.04. The normalized spacial score (nSPS) is 14.8. The Morgan fingerprint density at radius 3 is 2.52 bits per heavy atom. The Morgan fingerprint density at radius 1 is 1.16 bits per heavy atom. The number of allylic oxidation sites excluding steroid dienone is 2. The second kappa shape index (κ2) is 7.58. The largest absolute Gasteiger partial charge is 0.495 e.